The van der Waals surface area contributed by atoms with Crippen LogP contribution in [0.5, 0.6) is 0 Å². The van der Waals surface area contributed by atoms with Crippen LogP contribution in [0, 0.1) is 11.8 Å². The number of nitrogens with zero attached hydrogens (tertiary/aromatic N) is 1. The monoisotopic (exact) mass is 355 g/mol. The number of thioether (sulfide) groups is 1. The van der Waals surface area contributed by atoms with Gasteiger partial charge in [-0.3, -0.25) is 14.2 Å². The van der Waals surface area contributed by atoms with Crippen molar-refractivity contribution in [3.8, 4) is 0 Å². The molecule has 3 atom stereocenters. The Morgan fingerprint density at radius 2 is 2.13 bits per heavy atom. The highest BCUT2D eigenvalue weighted by atomic mass is 32.2. The van der Waals surface area contributed by atoms with Gasteiger partial charge in [-0.15, -0.1) is 11.8 Å². The van der Waals surface area contributed by atoms with E-state index in [1.54, 1.807) is 23.3 Å². The SMILES string of the molecule is CCOC(=O)Cn1c2c(sc1=O)[C@H]1C[C@@H](C)CC[C@@H]1C(C)(C)S2. The summed E-state index contributed by atoms with van der Waals surface area (Å²) in [5, 5.41) is 1.01. The summed E-state index contributed by atoms with van der Waals surface area (Å²) in [7, 11) is 0. The molecule has 0 aromatic carbocycles. The fourth-order valence-electron chi connectivity index (χ4n) is 4.05. The van der Waals surface area contributed by atoms with Crippen molar-refractivity contribution in [2.24, 2.45) is 11.8 Å². The molecule has 6 heteroatoms. The van der Waals surface area contributed by atoms with Crippen LogP contribution < -0.4 is 4.87 Å². The standard InChI is InChI=1S/C17H25NO3S2/c1-5-21-13(19)9-18-15-14(22-16(18)20)11-8-10(2)6-7-12(11)17(3,4)23-15/h10-12H,5-9H2,1-4H3/t10-,11-,12-/m0/s1. The highest BCUT2D eigenvalue weighted by Crippen LogP contribution is 2.58. The summed E-state index contributed by atoms with van der Waals surface area (Å²) in [6.07, 6.45) is 3.66. The summed E-state index contributed by atoms with van der Waals surface area (Å²) < 4.78 is 6.77. The number of aromatic nitrogens is 1. The van der Waals surface area contributed by atoms with E-state index in [2.05, 4.69) is 20.8 Å². The number of esters is 1. The maximum atomic E-state index is 12.5. The van der Waals surface area contributed by atoms with Crippen molar-refractivity contribution in [2.45, 2.75) is 69.2 Å². The van der Waals surface area contributed by atoms with Crippen LogP contribution in [-0.2, 0) is 16.1 Å². The number of fused-ring (bicyclic) bond motifs is 3. The third-order valence-electron chi connectivity index (χ3n) is 5.17. The van der Waals surface area contributed by atoms with Crippen molar-refractivity contribution < 1.29 is 9.53 Å². The maximum Gasteiger partial charge on any atom is 0.326 e. The molecule has 3 rings (SSSR count). The van der Waals surface area contributed by atoms with Crippen LogP contribution in [0.1, 0.15) is 57.8 Å². The molecule has 128 valence electrons. The van der Waals surface area contributed by atoms with E-state index < -0.39 is 0 Å². The molecule has 0 spiro atoms. The van der Waals surface area contributed by atoms with Crippen LogP contribution in [0.25, 0.3) is 0 Å². The number of thiazole rings is 1. The molecule has 0 radical (unpaired) electrons. The minimum absolute atomic E-state index is 0.0229. The van der Waals surface area contributed by atoms with E-state index in [1.807, 2.05) is 0 Å². The van der Waals surface area contributed by atoms with Crippen molar-refractivity contribution >= 4 is 29.1 Å². The average molecular weight is 356 g/mol. The zero-order chi connectivity index (χ0) is 16.8. The molecule has 1 aromatic rings. The van der Waals surface area contributed by atoms with Crippen molar-refractivity contribution in [2.75, 3.05) is 6.61 Å². The van der Waals surface area contributed by atoms with Crippen LogP contribution in [0.3, 0.4) is 0 Å². The topological polar surface area (TPSA) is 48.3 Å². The smallest absolute Gasteiger partial charge is 0.326 e. The van der Waals surface area contributed by atoms with Crippen molar-refractivity contribution in [3.05, 3.63) is 14.5 Å². The molecule has 2 aliphatic rings. The Labute approximate surface area is 145 Å². The summed E-state index contributed by atoms with van der Waals surface area (Å²) in [6, 6.07) is 0. The minimum atomic E-state index is -0.326. The van der Waals surface area contributed by atoms with Crippen LogP contribution in [-0.4, -0.2) is 21.9 Å². The van der Waals surface area contributed by atoms with E-state index in [0.29, 0.717) is 24.4 Å². The second kappa shape index (κ2) is 6.28. The molecule has 1 saturated carbocycles. The van der Waals surface area contributed by atoms with E-state index in [-0.39, 0.29) is 22.1 Å². The number of rotatable bonds is 3. The van der Waals surface area contributed by atoms with Crippen molar-refractivity contribution in [1.29, 1.82) is 0 Å². The summed E-state index contributed by atoms with van der Waals surface area (Å²) in [5.74, 6) is 1.46. The second-order valence-electron chi connectivity index (χ2n) is 7.27. The van der Waals surface area contributed by atoms with Gasteiger partial charge in [0.15, 0.2) is 0 Å². The van der Waals surface area contributed by atoms with E-state index in [0.717, 1.165) is 11.4 Å². The average Bonchev–Trinajstić information content (AvgIpc) is 2.75. The third-order valence-corrected chi connectivity index (χ3v) is 7.87. The van der Waals surface area contributed by atoms with Gasteiger partial charge in [0.25, 0.3) is 0 Å². The molecule has 2 heterocycles. The molecule has 1 aliphatic heterocycles. The van der Waals surface area contributed by atoms with Crippen LogP contribution in [0.2, 0.25) is 0 Å². The number of carbonyl (C=O) groups is 1. The molecule has 23 heavy (non-hydrogen) atoms. The van der Waals surface area contributed by atoms with Crippen molar-refractivity contribution in [3.63, 3.8) is 0 Å². The minimum Gasteiger partial charge on any atom is -0.465 e. The van der Waals surface area contributed by atoms with Crippen LogP contribution in [0.15, 0.2) is 9.82 Å². The lowest BCUT2D eigenvalue weighted by Gasteiger charge is -2.47. The Bertz CT molecular complexity index is 661. The molecule has 0 saturated heterocycles. The lowest BCUT2D eigenvalue weighted by atomic mass is 9.69. The molecule has 1 aliphatic carbocycles. The molecule has 1 aromatic heterocycles. The number of hydrogen-bond acceptors (Lipinski definition) is 5. The Hall–Kier alpha value is -0.750. The molecule has 0 N–H and O–H groups in total. The number of carbonyl (C=O) groups excluding carboxylic acids is 1. The Morgan fingerprint density at radius 1 is 1.39 bits per heavy atom. The first kappa shape index (κ1) is 17.1. The summed E-state index contributed by atoms with van der Waals surface area (Å²) in [6.45, 7) is 9.05. The van der Waals surface area contributed by atoms with Gasteiger partial charge < -0.3 is 4.74 Å². The fourth-order valence-corrected chi connectivity index (χ4v) is 6.86. The maximum absolute atomic E-state index is 12.5. The molecule has 1 fully saturated rings. The summed E-state index contributed by atoms with van der Waals surface area (Å²) in [5.41, 5.74) is 0. The largest absolute Gasteiger partial charge is 0.465 e. The van der Waals surface area contributed by atoms with E-state index in [1.165, 1.54) is 29.1 Å². The van der Waals surface area contributed by atoms with Crippen LogP contribution >= 0.6 is 23.1 Å². The van der Waals surface area contributed by atoms with Gasteiger partial charge >= 0.3 is 10.8 Å². The lowest BCUT2D eigenvalue weighted by Crippen LogP contribution is -2.39. The van der Waals surface area contributed by atoms with Gasteiger partial charge in [-0.25, -0.2) is 0 Å². The highest BCUT2D eigenvalue weighted by molar-refractivity contribution is 8.00. The first-order valence-corrected chi connectivity index (χ1v) is 10.0. The summed E-state index contributed by atoms with van der Waals surface area (Å²) >= 11 is 3.12. The Kier molecular flexibility index (Phi) is 4.67. The second-order valence-corrected chi connectivity index (χ2v) is 9.90. The Balaban J connectivity index is 2.00. The normalized spacial score (nSPS) is 28.8. The first-order chi connectivity index (χ1) is 10.8. The van der Waals surface area contributed by atoms with Gasteiger partial charge in [-0.05, 0) is 31.6 Å². The quantitative estimate of drug-likeness (QED) is 0.772. The fraction of sp³-hybridized carbons (Fsp3) is 0.765. The van der Waals surface area contributed by atoms with E-state index >= 15 is 0 Å². The molecule has 0 amide bonds. The molecule has 0 bridgehead atoms. The molecular formula is C17H25NO3S2. The first-order valence-electron chi connectivity index (χ1n) is 8.41. The predicted octanol–water partition coefficient (Wildman–Crippen LogP) is 3.88. The number of ether oxygens (including phenoxy) is 1. The van der Waals surface area contributed by atoms with Gasteiger partial charge in [0.2, 0.25) is 0 Å². The van der Waals surface area contributed by atoms with Gasteiger partial charge in [-0.2, -0.15) is 0 Å². The van der Waals surface area contributed by atoms with Gasteiger partial charge in [-0.1, -0.05) is 38.5 Å². The highest BCUT2D eigenvalue weighted by Gasteiger charge is 2.47. The molecule has 4 nitrogen and oxygen atoms in total. The predicted molar refractivity (Wildman–Crippen MR) is 94.4 cm³/mol. The van der Waals surface area contributed by atoms with Crippen LogP contribution in [0.4, 0.5) is 0 Å². The Morgan fingerprint density at radius 3 is 2.83 bits per heavy atom. The van der Waals surface area contributed by atoms with Gasteiger partial charge in [0.1, 0.15) is 6.54 Å². The lowest BCUT2D eigenvalue weighted by molar-refractivity contribution is -0.144. The van der Waals surface area contributed by atoms with E-state index in [4.69, 9.17) is 4.74 Å². The summed E-state index contributed by atoms with van der Waals surface area (Å²) in [4.78, 5) is 25.5. The zero-order valence-corrected chi connectivity index (χ0v) is 15.9. The van der Waals surface area contributed by atoms with Crippen molar-refractivity contribution in [1.82, 2.24) is 4.57 Å². The third kappa shape index (κ3) is 3.12. The van der Waals surface area contributed by atoms with E-state index in [9.17, 15) is 9.59 Å². The molecular weight excluding hydrogens is 330 g/mol. The molecule has 0 unspecified atom stereocenters. The van der Waals surface area contributed by atoms with Gasteiger partial charge in [0, 0.05) is 15.5 Å². The zero-order valence-electron chi connectivity index (χ0n) is 14.3. The number of hydrogen-bond donors (Lipinski definition) is 0. The van der Waals surface area contributed by atoms with Gasteiger partial charge in [0.05, 0.1) is 11.6 Å².